The molecule has 30 heavy (non-hydrogen) atoms. The van der Waals surface area contributed by atoms with E-state index in [2.05, 4.69) is 123 Å². The van der Waals surface area contributed by atoms with Gasteiger partial charge in [-0.05, 0) is 61.9 Å². The van der Waals surface area contributed by atoms with Crippen molar-refractivity contribution in [1.29, 1.82) is 0 Å². The van der Waals surface area contributed by atoms with Crippen molar-refractivity contribution in [2.75, 3.05) is 6.16 Å². The van der Waals surface area contributed by atoms with E-state index in [0.717, 1.165) is 6.16 Å². The highest BCUT2D eigenvalue weighted by atomic mass is 31.1. The van der Waals surface area contributed by atoms with Gasteiger partial charge in [-0.25, -0.2) is 0 Å². The smallest absolute Gasteiger partial charge is 0.00412 e. The molecule has 0 aliphatic rings. The molecule has 0 heterocycles. The van der Waals surface area contributed by atoms with E-state index < -0.39 is 15.8 Å². The van der Waals surface area contributed by atoms with Crippen LogP contribution in [0.5, 0.6) is 0 Å². The summed E-state index contributed by atoms with van der Waals surface area (Å²) < 4.78 is 0. The number of terminal acetylenes is 1. The Bertz CT molecular complexity index is 959. The molecule has 0 aliphatic carbocycles. The molecule has 0 spiro atoms. The molecular weight excluding hydrogens is 398 g/mol. The third kappa shape index (κ3) is 5.80. The molecule has 0 fully saturated rings. The van der Waals surface area contributed by atoms with Gasteiger partial charge >= 0.3 is 0 Å². The second-order valence-corrected chi connectivity index (χ2v) is 12.0. The van der Waals surface area contributed by atoms with Crippen LogP contribution in [0.2, 0.25) is 0 Å². The largest absolute Gasteiger partial charge is 0.115 e. The predicted octanol–water partition coefficient (Wildman–Crippen LogP) is 6.41. The summed E-state index contributed by atoms with van der Waals surface area (Å²) in [5, 5.41) is 5.52. The second kappa shape index (κ2) is 11.7. The highest BCUT2D eigenvalue weighted by Gasteiger charge is 2.26. The lowest BCUT2D eigenvalue weighted by Crippen LogP contribution is -2.22. The van der Waals surface area contributed by atoms with E-state index in [1.165, 1.54) is 21.2 Å². The maximum absolute atomic E-state index is 5.71. The van der Waals surface area contributed by atoms with Crippen LogP contribution in [0.1, 0.15) is 13.8 Å². The first-order valence-electron chi connectivity index (χ1n) is 10.3. The molecule has 2 heteroatoms. The van der Waals surface area contributed by atoms with E-state index >= 15 is 0 Å². The fourth-order valence-electron chi connectivity index (χ4n) is 3.62. The minimum Gasteiger partial charge on any atom is -0.115 e. The van der Waals surface area contributed by atoms with Gasteiger partial charge in [-0.1, -0.05) is 116 Å². The molecule has 0 saturated heterocycles. The molecule has 0 saturated carbocycles. The van der Waals surface area contributed by atoms with Crippen molar-refractivity contribution in [2.24, 2.45) is 0 Å². The molecule has 2 unspecified atom stereocenters. The zero-order chi connectivity index (χ0) is 21.2. The Kier molecular flexibility index (Phi) is 8.66. The monoisotopic (exact) mass is 426 g/mol. The van der Waals surface area contributed by atoms with E-state index in [1.54, 1.807) is 0 Å². The van der Waals surface area contributed by atoms with E-state index in [4.69, 9.17) is 6.42 Å². The molecule has 3 aromatic carbocycles. The summed E-state index contributed by atoms with van der Waals surface area (Å²) in [6.07, 6.45) is 13.1. The maximum Gasteiger partial charge on any atom is -0.00412 e. The van der Waals surface area contributed by atoms with Gasteiger partial charge in [-0.3, -0.25) is 0 Å². The summed E-state index contributed by atoms with van der Waals surface area (Å²) in [6, 6.07) is 32.8. The van der Waals surface area contributed by atoms with Crippen molar-refractivity contribution in [2.45, 2.75) is 19.5 Å². The minimum atomic E-state index is -0.557. The number of hydrogen-bond donors (Lipinski definition) is 0. The predicted molar refractivity (Wildman–Crippen MR) is 138 cm³/mol. The Hall–Kier alpha value is -2.44. The van der Waals surface area contributed by atoms with E-state index in [9.17, 15) is 0 Å². The van der Waals surface area contributed by atoms with Crippen LogP contribution in [-0.4, -0.2) is 11.8 Å². The Balaban J connectivity index is 2.01. The van der Waals surface area contributed by atoms with Crippen molar-refractivity contribution < 1.29 is 0 Å². The van der Waals surface area contributed by atoms with Crippen LogP contribution in [0.3, 0.4) is 0 Å². The van der Waals surface area contributed by atoms with Crippen LogP contribution in [0, 0.1) is 12.3 Å². The molecule has 0 radical (unpaired) electrons. The number of benzene rings is 3. The molecule has 3 aromatic rings. The molecule has 0 aliphatic heterocycles. The Labute approximate surface area is 184 Å². The Morgan fingerprint density at radius 3 is 1.73 bits per heavy atom. The van der Waals surface area contributed by atoms with Gasteiger partial charge in [-0.15, -0.1) is 6.42 Å². The molecule has 3 rings (SSSR count). The molecule has 0 nitrogen and oxygen atoms in total. The first kappa shape index (κ1) is 22.2. The highest BCUT2D eigenvalue weighted by molar-refractivity contribution is 7.75. The molecule has 2 atom stereocenters. The summed E-state index contributed by atoms with van der Waals surface area (Å²) in [7, 11) is -1.00. The summed E-state index contributed by atoms with van der Waals surface area (Å²) in [5.41, 5.74) is 0.490. The Morgan fingerprint density at radius 2 is 1.30 bits per heavy atom. The lowest BCUT2D eigenvalue weighted by molar-refractivity contribution is 1.11. The van der Waals surface area contributed by atoms with Crippen molar-refractivity contribution in [3.05, 3.63) is 115 Å². The zero-order valence-electron chi connectivity index (χ0n) is 17.6. The summed E-state index contributed by atoms with van der Waals surface area (Å²) >= 11 is 0. The van der Waals surface area contributed by atoms with Crippen LogP contribution >= 0.6 is 15.8 Å². The van der Waals surface area contributed by atoms with Gasteiger partial charge in [0.15, 0.2) is 0 Å². The molecule has 150 valence electrons. The number of rotatable bonds is 8. The lowest BCUT2D eigenvalue weighted by atomic mass is 10.4. The molecule has 0 bridgehead atoms. The highest BCUT2D eigenvalue weighted by Crippen LogP contribution is 2.52. The topological polar surface area (TPSA) is 0 Å². The van der Waals surface area contributed by atoms with Gasteiger partial charge in [0.2, 0.25) is 0 Å². The van der Waals surface area contributed by atoms with Crippen LogP contribution in [0.25, 0.3) is 0 Å². The molecule has 0 N–H and O–H groups in total. The van der Waals surface area contributed by atoms with Crippen LogP contribution in [-0.2, 0) is 0 Å². The number of allylic oxidation sites excluding steroid dienone is 4. The molecule has 0 amide bonds. The average molecular weight is 426 g/mol. The van der Waals surface area contributed by atoms with Crippen molar-refractivity contribution >= 4 is 31.8 Å². The van der Waals surface area contributed by atoms with Gasteiger partial charge < -0.3 is 0 Å². The van der Waals surface area contributed by atoms with Gasteiger partial charge in [-0.2, -0.15) is 0 Å². The molecule has 0 aromatic heterocycles. The minimum absolute atomic E-state index is 0.443. The Morgan fingerprint density at radius 1 is 0.833 bits per heavy atom. The van der Waals surface area contributed by atoms with Crippen LogP contribution < -0.4 is 15.9 Å². The average Bonchev–Trinajstić information content (AvgIpc) is 2.80. The van der Waals surface area contributed by atoms with E-state index in [-0.39, 0.29) is 0 Å². The second-order valence-electron chi connectivity index (χ2n) is 7.07. The number of hydrogen-bond acceptors (Lipinski definition) is 0. The fraction of sp³-hybridized carbons (Fsp3) is 0.143. The first-order valence-corrected chi connectivity index (χ1v) is 13.2. The van der Waals surface area contributed by atoms with Crippen molar-refractivity contribution in [3.8, 4) is 12.3 Å². The maximum atomic E-state index is 5.71. The van der Waals surface area contributed by atoms with E-state index in [1.807, 2.05) is 6.08 Å². The van der Waals surface area contributed by atoms with Crippen LogP contribution in [0.4, 0.5) is 0 Å². The van der Waals surface area contributed by atoms with Gasteiger partial charge in [0.25, 0.3) is 0 Å². The van der Waals surface area contributed by atoms with Crippen molar-refractivity contribution in [1.82, 2.24) is 0 Å². The normalized spacial score (nSPS) is 13.9. The SMILES string of the molecule is C#C/C=C(\C=C/C)P(c1ccccc1)C(C)CP(c1ccccc1)c1ccccc1. The van der Waals surface area contributed by atoms with Crippen LogP contribution in [0.15, 0.2) is 115 Å². The van der Waals surface area contributed by atoms with Crippen molar-refractivity contribution in [3.63, 3.8) is 0 Å². The third-order valence-corrected chi connectivity index (χ3v) is 10.7. The quantitative estimate of drug-likeness (QED) is 0.222. The lowest BCUT2D eigenvalue weighted by Gasteiger charge is -2.30. The van der Waals surface area contributed by atoms with Gasteiger partial charge in [0.1, 0.15) is 0 Å². The fourth-order valence-corrected chi connectivity index (χ4v) is 9.41. The van der Waals surface area contributed by atoms with Gasteiger partial charge in [0.05, 0.1) is 0 Å². The summed E-state index contributed by atoms with van der Waals surface area (Å²) in [5.74, 6) is 2.78. The standard InChI is InChI=1S/C28H28P2/c1-4-15-27(16-5-2)30(28-21-13-8-14-22-28)24(3)23-29(25-17-9-6-10-18-25)26-19-11-7-12-20-26/h1,5-22,24H,23H2,2-3H3/b16-5-,27-15+. The summed E-state index contributed by atoms with van der Waals surface area (Å²) in [4.78, 5) is 0. The summed E-state index contributed by atoms with van der Waals surface area (Å²) in [6.45, 7) is 4.46. The first-order chi connectivity index (χ1) is 14.7. The third-order valence-electron chi connectivity index (χ3n) is 4.90. The molecular formula is C28H28P2. The van der Waals surface area contributed by atoms with Gasteiger partial charge in [0, 0.05) is 0 Å². The van der Waals surface area contributed by atoms with E-state index in [0.29, 0.717) is 5.66 Å². The zero-order valence-corrected chi connectivity index (χ0v) is 19.4.